The lowest BCUT2D eigenvalue weighted by atomic mass is 9.84. The number of aromatic nitrogens is 1. The Kier molecular flexibility index (Phi) is 3.48. The molecule has 0 radical (unpaired) electrons. The van der Waals surface area contributed by atoms with E-state index < -0.39 is 0 Å². The van der Waals surface area contributed by atoms with E-state index in [1.165, 1.54) is 0 Å². The van der Waals surface area contributed by atoms with Crippen LogP contribution in [0.3, 0.4) is 0 Å². The molecule has 2 aromatic rings. The highest BCUT2D eigenvalue weighted by atomic mass is 16.5. The van der Waals surface area contributed by atoms with Crippen LogP contribution in [0.25, 0.3) is 0 Å². The first-order valence-electron chi connectivity index (χ1n) is 6.68. The van der Waals surface area contributed by atoms with Gasteiger partial charge in [0.1, 0.15) is 11.5 Å². The quantitative estimate of drug-likeness (QED) is 0.941. The fourth-order valence-electron chi connectivity index (χ4n) is 2.72. The zero-order chi connectivity index (χ0) is 14.8. The molecule has 1 atom stereocenters. The molecular weight excluding hydrogens is 268 g/mol. The number of ether oxygens (including phenoxy) is 2. The van der Waals surface area contributed by atoms with Crippen molar-refractivity contribution in [3.63, 3.8) is 0 Å². The first-order chi connectivity index (χ1) is 10.2. The minimum Gasteiger partial charge on any atom is -0.497 e. The van der Waals surface area contributed by atoms with Crippen molar-refractivity contribution in [2.45, 2.75) is 12.3 Å². The van der Waals surface area contributed by atoms with E-state index in [1.807, 2.05) is 24.3 Å². The summed E-state index contributed by atoms with van der Waals surface area (Å²) in [6.45, 7) is 0. The molecular formula is C16H16N2O3. The summed E-state index contributed by atoms with van der Waals surface area (Å²) in [5.41, 5.74) is 2.76. The number of methoxy groups -OCH3 is 2. The van der Waals surface area contributed by atoms with Crippen LogP contribution in [0, 0.1) is 0 Å². The number of nitrogens with zero attached hydrogens (tertiary/aromatic N) is 1. The Morgan fingerprint density at radius 2 is 1.95 bits per heavy atom. The standard InChI is InChI=1S/C16H16N2O3/c1-20-11-7-13-16(14(8-11)21-2)12(9-15(19)18-13)10-3-5-17-6-4-10/h3-8,12H,9H2,1-2H3,(H,18,19)/t12-/m1/s1. The van der Waals surface area contributed by atoms with Crippen LogP contribution < -0.4 is 14.8 Å². The maximum absolute atomic E-state index is 12.0. The van der Waals surface area contributed by atoms with E-state index in [1.54, 1.807) is 26.6 Å². The van der Waals surface area contributed by atoms with Gasteiger partial charge in [0.25, 0.3) is 0 Å². The number of fused-ring (bicyclic) bond motifs is 1. The zero-order valence-electron chi connectivity index (χ0n) is 11.9. The summed E-state index contributed by atoms with van der Waals surface area (Å²) in [5.74, 6) is 1.31. The van der Waals surface area contributed by atoms with E-state index in [2.05, 4.69) is 10.3 Å². The van der Waals surface area contributed by atoms with E-state index in [9.17, 15) is 4.79 Å². The van der Waals surface area contributed by atoms with E-state index in [-0.39, 0.29) is 11.8 Å². The third-order valence-corrected chi connectivity index (χ3v) is 3.69. The van der Waals surface area contributed by atoms with Gasteiger partial charge in [-0.3, -0.25) is 9.78 Å². The van der Waals surface area contributed by atoms with Crippen molar-refractivity contribution in [1.29, 1.82) is 0 Å². The van der Waals surface area contributed by atoms with Gasteiger partial charge >= 0.3 is 0 Å². The van der Waals surface area contributed by atoms with Gasteiger partial charge in [0.05, 0.1) is 19.9 Å². The van der Waals surface area contributed by atoms with Crippen LogP contribution in [-0.4, -0.2) is 25.1 Å². The van der Waals surface area contributed by atoms with Gasteiger partial charge in [-0.15, -0.1) is 0 Å². The molecule has 0 saturated heterocycles. The second kappa shape index (κ2) is 5.44. The summed E-state index contributed by atoms with van der Waals surface area (Å²) >= 11 is 0. The molecule has 5 heteroatoms. The molecule has 0 unspecified atom stereocenters. The molecule has 1 N–H and O–H groups in total. The predicted molar refractivity (Wildman–Crippen MR) is 78.9 cm³/mol. The molecule has 1 amide bonds. The molecule has 0 saturated carbocycles. The number of carbonyl (C=O) groups excluding carboxylic acids is 1. The molecule has 1 aliphatic heterocycles. The zero-order valence-corrected chi connectivity index (χ0v) is 11.9. The molecule has 1 aromatic heterocycles. The van der Waals surface area contributed by atoms with Gasteiger partial charge in [0.15, 0.2) is 0 Å². The molecule has 0 spiro atoms. The SMILES string of the molecule is COc1cc2c(c(OC)c1)[C@@H](c1ccncc1)CC(=O)N2. The Labute approximate surface area is 122 Å². The summed E-state index contributed by atoms with van der Waals surface area (Å²) in [7, 11) is 3.21. The van der Waals surface area contributed by atoms with Gasteiger partial charge in [-0.2, -0.15) is 0 Å². The minimum atomic E-state index is -0.0439. The fourth-order valence-corrected chi connectivity index (χ4v) is 2.72. The molecule has 1 aliphatic rings. The smallest absolute Gasteiger partial charge is 0.225 e. The second-order valence-electron chi connectivity index (χ2n) is 4.88. The summed E-state index contributed by atoms with van der Waals surface area (Å²) in [6.07, 6.45) is 3.86. The number of amides is 1. The number of nitrogens with one attached hydrogen (secondary N) is 1. The Balaban J connectivity index is 2.17. The largest absolute Gasteiger partial charge is 0.497 e. The molecule has 3 rings (SSSR count). The highest BCUT2D eigenvalue weighted by molar-refractivity contribution is 5.96. The molecule has 2 heterocycles. The van der Waals surface area contributed by atoms with Crippen LogP contribution >= 0.6 is 0 Å². The lowest BCUT2D eigenvalue weighted by Crippen LogP contribution is -2.24. The first-order valence-corrected chi connectivity index (χ1v) is 6.68. The van der Waals surface area contributed by atoms with Crippen molar-refractivity contribution in [3.8, 4) is 11.5 Å². The normalized spacial score (nSPS) is 16.9. The number of hydrogen-bond acceptors (Lipinski definition) is 4. The average molecular weight is 284 g/mol. The predicted octanol–water partition coefficient (Wildman–Crippen LogP) is 2.57. The number of anilines is 1. The van der Waals surface area contributed by atoms with Crippen LogP contribution in [0.2, 0.25) is 0 Å². The number of benzene rings is 1. The van der Waals surface area contributed by atoms with Crippen LogP contribution in [0.4, 0.5) is 5.69 Å². The van der Waals surface area contributed by atoms with Crippen molar-refractivity contribution >= 4 is 11.6 Å². The average Bonchev–Trinajstić information content (AvgIpc) is 2.53. The van der Waals surface area contributed by atoms with Gasteiger partial charge in [-0.05, 0) is 17.7 Å². The van der Waals surface area contributed by atoms with Crippen LogP contribution in [0.1, 0.15) is 23.5 Å². The topological polar surface area (TPSA) is 60.5 Å². The summed E-state index contributed by atoms with van der Waals surface area (Å²) < 4.78 is 10.8. The van der Waals surface area contributed by atoms with Gasteiger partial charge in [-0.1, -0.05) is 0 Å². The number of pyridine rings is 1. The Hall–Kier alpha value is -2.56. The Bertz CT molecular complexity index is 671. The van der Waals surface area contributed by atoms with Gasteiger partial charge in [-0.25, -0.2) is 0 Å². The van der Waals surface area contributed by atoms with E-state index >= 15 is 0 Å². The Morgan fingerprint density at radius 1 is 1.19 bits per heavy atom. The molecule has 0 fully saturated rings. The third kappa shape index (κ3) is 2.42. The first kappa shape index (κ1) is 13.4. The third-order valence-electron chi connectivity index (χ3n) is 3.69. The Morgan fingerprint density at radius 3 is 2.62 bits per heavy atom. The molecule has 5 nitrogen and oxygen atoms in total. The number of rotatable bonds is 3. The summed E-state index contributed by atoms with van der Waals surface area (Å²) in [4.78, 5) is 16.0. The van der Waals surface area contributed by atoms with E-state index in [0.717, 1.165) is 16.8 Å². The lowest BCUT2D eigenvalue weighted by Gasteiger charge is -2.28. The van der Waals surface area contributed by atoms with Gasteiger partial charge in [0, 0.05) is 42.4 Å². The van der Waals surface area contributed by atoms with Gasteiger partial charge in [0.2, 0.25) is 5.91 Å². The maximum Gasteiger partial charge on any atom is 0.225 e. The lowest BCUT2D eigenvalue weighted by molar-refractivity contribution is -0.116. The summed E-state index contributed by atoms with van der Waals surface area (Å²) in [5, 5.41) is 2.89. The fraction of sp³-hybridized carbons (Fsp3) is 0.250. The van der Waals surface area contributed by atoms with E-state index in [0.29, 0.717) is 17.9 Å². The van der Waals surface area contributed by atoms with Crippen LogP contribution in [0.15, 0.2) is 36.7 Å². The van der Waals surface area contributed by atoms with Crippen molar-refractivity contribution < 1.29 is 14.3 Å². The molecule has 108 valence electrons. The molecule has 21 heavy (non-hydrogen) atoms. The van der Waals surface area contributed by atoms with E-state index in [4.69, 9.17) is 9.47 Å². The van der Waals surface area contributed by atoms with Crippen molar-refractivity contribution in [2.75, 3.05) is 19.5 Å². The van der Waals surface area contributed by atoms with Crippen LogP contribution in [0.5, 0.6) is 11.5 Å². The highest BCUT2D eigenvalue weighted by Crippen LogP contribution is 2.44. The second-order valence-corrected chi connectivity index (χ2v) is 4.88. The van der Waals surface area contributed by atoms with Crippen LogP contribution in [-0.2, 0) is 4.79 Å². The molecule has 0 aliphatic carbocycles. The highest BCUT2D eigenvalue weighted by Gasteiger charge is 2.30. The summed E-state index contributed by atoms with van der Waals surface area (Å²) in [6, 6.07) is 7.51. The number of carbonyl (C=O) groups is 1. The maximum atomic E-state index is 12.0. The molecule has 0 bridgehead atoms. The van der Waals surface area contributed by atoms with Crippen molar-refractivity contribution in [2.24, 2.45) is 0 Å². The van der Waals surface area contributed by atoms with Gasteiger partial charge < -0.3 is 14.8 Å². The van der Waals surface area contributed by atoms with Crippen molar-refractivity contribution in [1.82, 2.24) is 4.98 Å². The molecule has 1 aromatic carbocycles. The monoisotopic (exact) mass is 284 g/mol. The van der Waals surface area contributed by atoms with Crippen molar-refractivity contribution in [3.05, 3.63) is 47.8 Å². The minimum absolute atomic E-state index is 0.0142. The number of hydrogen-bond donors (Lipinski definition) is 1.